The Morgan fingerprint density at radius 1 is 1.19 bits per heavy atom. The number of anilines is 1. The van der Waals surface area contributed by atoms with Crippen LogP contribution in [0.1, 0.15) is 37.9 Å². The van der Waals surface area contributed by atoms with E-state index in [0.717, 1.165) is 11.0 Å². The predicted molar refractivity (Wildman–Crippen MR) is 139 cm³/mol. The van der Waals surface area contributed by atoms with Crippen molar-refractivity contribution in [3.63, 3.8) is 0 Å². The average molecular weight is 543 g/mol. The minimum Gasteiger partial charge on any atom is -0.340 e. The highest BCUT2D eigenvalue weighted by atomic mass is 32.2. The molecule has 0 aromatic heterocycles. The summed E-state index contributed by atoms with van der Waals surface area (Å²) in [5.74, 6) is 3.55. The second-order valence-corrected chi connectivity index (χ2v) is 14.1. The summed E-state index contributed by atoms with van der Waals surface area (Å²) >= 11 is 1.36. The van der Waals surface area contributed by atoms with Crippen LogP contribution in [0.15, 0.2) is 34.2 Å². The van der Waals surface area contributed by atoms with Crippen molar-refractivity contribution in [3.05, 3.63) is 40.3 Å². The molecule has 3 aliphatic heterocycles. The molecule has 2 N–H and O–H groups in total. The van der Waals surface area contributed by atoms with Crippen LogP contribution in [0.25, 0.3) is 0 Å². The SMILES string of the molecule is C=S1(=O)CCN(C(=O)C2C=C(C(C)(C)C)SC2NC(=O)Nc2ccc(C3C=N3)c(C(F)(F)F)c2)CC1. The molecular formula is C24H29F3N4O3S2. The molecule has 0 saturated carbocycles. The molecule has 0 aliphatic carbocycles. The van der Waals surface area contributed by atoms with Gasteiger partial charge in [-0.05, 0) is 43.4 Å². The lowest BCUT2D eigenvalue weighted by atomic mass is 9.93. The average Bonchev–Trinajstić information content (AvgIpc) is 3.51. The smallest absolute Gasteiger partial charge is 0.340 e. The zero-order valence-corrected chi connectivity index (χ0v) is 21.9. The number of rotatable bonds is 4. The fourth-order valence-electron chi connectivity index (χ4n) is 4.08. The molecule has 36 heavy (non-hydrogen) atoms. The zero-order valence-electron chi connectivity index (χ0n) is 20.2. The number of urea groups is 1. The first kappa shape index (κ1) is 26.6. The first-order chi connectivity index (χ1) is 16.6. The van der Waals surface area contributed by atoms with Crippen LogP contribution >= 0.6 is 11.8 Å². The summed E-state index contributed by atoms with van der Waals surface area (Å²) in [5, 5.41) is 4.60. The summed E-state index contributed by atoms with van der Waals surface area (Å²) in [4.78, 5) is 32.5. The lowest BCUT2D eigenvalue weighted by Gasteiger charge is -2.32. The van der Waals surface area contributed by atoms with Gasteiger partial charge >= 0.3 is 12.2 Å². The molecule has 3 unspecified atom stereocenters. The molecule has 0 spiro atoms. The van der Waals surface area contributed by atoms with E-state index in [2.05, 4.69) is 21.5 Å². The Bertz CT molecular complexity index is 1220. The van der Waals surface area contributed by atoms with Crippen molar-refractivity contribution < 1.29 is 27.0 Å². The Morgan fingerprint density at radius 2 is 1.83 bits per heavy atom. The minimum absolute atomic E-state index is 0.0136. The van der Waals surface area contributed by atoms with Crippen LogP contribution in [-0.4, -0.2) is 63.1 Å². The van der Waals surface area contributed by atoms with Crippen molar-refractivity contribution in [1.29, 1.82) is 0 Å². The predicted octanol–water partition coefficient (Wildman–Crippen LogP) is 4.13. The van der Waals surface area contributed by atoms with E-state index >= 15 is 0 Å². The van der Waals surface area contributed by atoms with Gasteiger partial charge in [0.15, 0.2) is 0 Å². The quantitative estimate of drug-likeness (QED) is 0.560. The summed E-state index contributed by atoms with van der Waals surface area (Å²) < 4.78 is 52.8. The van der Waals surface area contributed by atoms with Crippen LogP contribution in [0, 0.1) is 11.3 Å². The van der Waals surface area contributed by atoms with Crippen molar-refractivity contribution in [2.24, 2.45) is 16.3 Å². The van der Waals surface area contributed by atoms with Gasteiger partial charge in [0.25, 0.3) is 0 Å². The maximum Gasteiger partial charge on any atom is 0.416 e. The zero-order chi connectivity index (χ0) is 26.5. The van der Waals surface area contributed by atoms with Crippen LogP contribution in [-0.2, 0) is 20.5 Å². The lowest BCUT2D eigenvalue weighted by molar-refractivity contribution is -0.138. The molecule has 4 rings (SSSR count). The standard InChI is InChI=1S/C24H29F3N4O3S2/c1-23(2,3)19-12-16(21(32)31-7-9-36(4,34)10-8-31)20(35-19)30-22(33)29-14-5-6-15(18-13-28-18)17(11-14)24(25,26)27/h5-6,11-13,16,18,20H,4,7-10H2,1-3H3,(H2,29,30,33). The van der Waals surface area contributed by atoms with Crippen molar-refractivity contribution in [2.45, 2.75) is 38.4 Å². The van der Waals surface area contributed by atoms with E-state index in [1.807, 2.05) is 26.8 Å². The highest BCUT2D eigenvalue weighted by Gasteiger charge is 2.41. The molecule has 3 atom stereocenters. The molecule has 1 saturated heterocycles. The van der Waals surface area contributed by atoms with E-state index in [0.29, 0.717) is 24.6 Å². The van der Waals surface area contributed by atoms with Crippen LogP contribution in [0.5, 0.6) is 0 Å². The molecule has 3 aliphatic rings. The van der Waals surface area contributed by atoms with Crippen molar-refractivity contribution >= 4 is 51.0 Å². The summed E-state index contributed by atoms with van der Waals surface area (Å²) in [5.41, 5.74) is -1.09. The molecule has 12 heteroatoms. The first-order valence-electron chi connectivity index (χ1n) is 11.5. The number of halogens is 3. The third kappa shape index (κ3) is 6.08. The van der Waals surface area contributed by atoms with Gasteiger partial charge in [0.2, 0.25) is 5.91 Å². The van der Waals surface area contributed by atoms with Crippen LogP contribution in [0.2, 0.25) is 0 Å². The van der Waals surface area contributed by atoms with Crippen LogP contribution in [0.4, 0.5) is 23.7 Å². The molecule has 0 bridgehead atoms. The summed E-state index contributed by atoms with van der Waals surface area (Å²) in [6, 6.07) is 2.31. The second kappa shape index (κ2) is 9.44. The number of aliphatic imine (C=N–C) groups is 1. The fourth-order valence-corrected chi connectivity index (χ4v) is 6.75. The van der Waals surface area contributed by atoms with E-state index < -0.39 is 44.6 Å². The number of alkyl halides is 3. The van der Waals surface area contributed by atoms with E-state index in [-0.39, 0.29) is 22.6 Å². The van der Waals surface area contributed by atoms with Gasteiger partial charge in [0.05, 0.1) is 16.9 Å². The van der Waals surface area contributed by atoms with E-state index in [4.69, 9.17) is 0 Å². The summed E-state index contributed by atoms with van der Waals surface area (Å²) in [7, 11) is -2.17. The Kier molecular flexibility index (Phi) is 6.97. The number of amides is 3. The molecule has 3 amide bonds. The maximum absolute atomic E-state index is 13.5. The molecular weight excluding hydrogens is 513 g/mol. The van der Waals surface area contributed by atoms with Gasteiger partial charge in [-0.3, -0.25) is 14.0 Å². The van der Waals surface area contributed by atoms with Gasteiger partial charge < -0.3 is 15.5 Å². The Balaban J connectivity index is 1.48. The topological polar surface area (TPSA) is 90.9 Å². The molecule has 3 heterocycles. The summed E-state index contributed by atoms with van der Waals surface area (Å²) in [6.07, 6.45) is -1.32. The summed E-state index contributed by atoms with van der Waals surface area (Å²) in [6.45, 7) is 6.66. The number of benzene rings is 1. The fraction of sp³-hybridized carbons (Fsp3) is 0.500. The molecule has 1 fully saturated rings. The number of allylic oxidation sites excluding steroid dienone is 1. The van der Waals surface area contributed by atoms with Gasteiger partial charge in [-0.1, -0.05) is 32.9 Å². The number of carbonyl (C=O) groups is 2. The highest BCUT2D eigenvalue weighted by Crippen LogP contribution is 2.45. The first-order valence-corrected chi connectivity index (χ1v) is 14.4. The number of carbonyl (C=O) groups excluding carboxylic acids is 2. The molecule has 1 aromatic rings. The Morgan fingerprint density at radius 3 is 2.39 bits per heavy atom. The van der Waals surface area contributed by atoms with Crippen LogP contribution in [0.3, 0.4) is 0 Å². The van der Waals surface area contributed by atoms with Crippen molar-refractivity contribution in [2.75, 3.05) is 29.9 Å². The van der Waals surface area contributed by atoms with Crippen molar-refractivity contribution in [3.8, 4) is 0 Å². The number of hydrogen-bond donors (Lipinski definition) is 2. The number of thioether (sulfide) groups is 1. The second-order valence-electron chi connectivity index (χ2n) is 10.2. The Labute approximate surface area is 213 Å². The Hall–Kier alpha value is -2.47. The van der Waals surface area contributed by atoms with Gasteiger partial charge in [-0.15, -0.1) is 11.8 Å². The largest absolute Gasteiger partial charge is 0.416 e. The van der Waals surface area contributed by atoms with Crippen molar-refractivity contribution in [1.82, 2.24) is 10.2 Å². The number of hydrogen-bond acceptors (Lipinski definition) is 5. The molecule has 7 nitrogen and oxygen atoms in total. The maximum atomic E-state index is 13.5. The van der Waals surface area contributed by atoms with Crippen LogP contribution < -0.4 is 10.6 Å². The van der Waals surface area contributed by atoms with Gasteiger partial charge in [0.1, 0.15) is 6.04 Å². The van der Waals surface area contributed by atoms with Gasteiger partial charge in [-0.2, -0.15) is 13.2 Å². The third-order valence-corrected chi connectivity index (χ3v) is 9.74. The minimum atomic E-state index is -4.59. The lowest BCUT2D eigenvalue weighted by Crippen LogP contribution is -2.50. The number of nitrogens with zero attached hydrogens (tertiary/aromatic N) is 2. The molecule has 196 valence electrons. The highest BCUT2D eigenvalue weighted by molar-refractivity contribution is 8.04. The van der Waals surface area contributed by atoms with E-state index in [1.54, 1.807) is 4.90 Å². The molecule has 0 radical (unpaired) electrons. The monoisotopic (exact) mass is 542 g/mol. The third-order valence-electron chi connectivity index (χ3n) is 6.22. The molecule has 1 aromatic carbocycles. The van der Waals surface area contributed by atoms with Gasteiger partial charge in [-0.25, -0.2) is 4.79 Å². The van der Waals surface area contributed by atoms with E-state index in [9.17, 15) is 27.0 Å². The normalized spacial score (nSPS) is 25.3. The van der Waals surface area contributed by atoms with E-state index in [1.165, 1.54) is 30.1 Å². The number of nitrogens with one attached hydrogen (secondary N) is 2. The van der Waals surface area contributed by atoms with Gasteiger partial charge in [0, 0.05) is 36.5 Å².